The molecular formula is C22H22N2O2. The Bertz CT molecular complexity index is 1010. The fourth-order valence-corrected chi connectivity index (χ4v) is 3.40. The molecule has 0 aliphatic heterocycles. The molecule has 4 nitrogen and oxygen atoms in total. The lowest BCUT2D eigenvalue weighted by Crippen LogP contribution is -2.40. The van der Waals surface area contributed by atoms with Gasteiger partial charge in [-0.05, 0) is 17.2 Å². The molecule has 0 fully saturated rings. The van der Waals surface area contributed by atoms with Crippen molar-refractivity contribution in [1.82, 2.24) is 10.3 Å². The molecule has 4 heteroatoms. The number of aromatic amines is 1. The maximum Gasteiger partial charge on any atom is 0.131 e. The fourth-order valence-electron chi connectivity index (χ4n) is 3.40. The molecule has 4 aromatic rings. The SMILES string of the molecule is OC(Cc1cccc2c1[nH]c1ccccc12)C(O)NCc1ccccc1. The van der Waals surface area contributed by atoms with Gasteiger partial charge in [-0.2, -0.15) is 0 Å². The van der Waals surface area contributed by atoms with E-state index in [-0.39, 0.29) is 0 Å². The minimum absolute atomic E-state index is 0.368. The maximum atomic E-state index is 10.5. The smallest absolute Gasteiger partial charge is 0.131 e. The minimum atomic E-state index is -0.991. The molecule has 2 unspecified atom stereocenters. The van der Waals surface area contributed by atoms with E-state index in [1.54, 1.807) is 0 Å². The monoisotopic (exact) mass is 346 g/mol. The molecule has 0 aliphatic carbocycles. The van der Waals surface area contributed by atoms with Crippen LogP contribution >= 0.6 is 0 Å². The summed E-state index contributed by atoms with van der Waals surface area (Å²) >= 11 is 0. The van der Waals surface area contributed by atoms with Crippen LogP contribution in [-0.4, -0.2) is 27.5 Å². The van der Waals surface area contributed by atoms with Crippen LogP contribution in [0, 0.1) is 0 Å². The number of nitrogens with one attached hydrogen (secondary N) is 2. The molecule has 0 saturated heterocycles. The Balaban J connectivity index is 1.51. The van der Waals surface area contributed by atoms with E-state index in [4.69, 9.17) is 0 Å². The van der Waals surface area contributed by atoms with Crippen LogP contribution in [0.4, 0.5) is 0 Å². The predicted molar refractivity (Wildman–Crippen MR) is 105 cm³/mol. The van der Waals surface area contributed by atoms with Gasteiger partial charge in [-0.3, -0.25) is 5.32 Å². The third-order valence-corrected chi connectivity index (χ3v) is 4.78. The number of aliphatic hydroxyl groups excluding tert-OH is 2. The molecule has 3 aromatic carbocycles. The first kappa shape index (κ1) is 16.8. The van der Waals surface area contributed by atoms with Gasteiger partial charge in [0.1, 0.15) is 6.23 Å². The third-order valence-electron chi connectivity index (χ3n) is 4.78. The molecule has 2 atom stereocenters. The van der Waals surface area contributed by atoms with Crippen LogP contribution < -0.4 is 5.32 Å². The van der Waals surface area contributed by atoms with Gasteiger partial charge in [0.2, 0.25) is 0 Å². The van der Waals surface area contributed by atoms with E-state index in [2.05, 4.69) is 22.4 Å². The summed E-state index contributed by atoms with van der Waals surface area (Å²) in [5.74, 6) is 0. The Morgan fingerprint density at radius 2 is 1.54 bits per heavy atom. The highest BCUT2D eigenvalue weighted by molar-refractivity contribution is 6.08. The number of para-hydroxylation sites is 2. The van der Waals surface area contributed by atoms with Crippen LogP contribution in [-0.2, 0) is 13.0 Å². The number of rotatable bonds is 6. The first-order valence-corrected chi connectivity index (χ1v) is 8.84. The predicted octanol–water partition coefficient (Wildman–Crippen LogP) is 3.33. The van der Waals surface area contributed by atoms with Crippen molar-refractivity contribution in [3.8, 4) is 0 Å². The van der Waals surface area contributed by atoms with E-state index in [9.17, 15) is 10.2 Å². The van der Waals surface area contributed by atoms with E-state index >= 15 is 0 Å². The number of aliphatic hydroxyl groups is 2. The quantitative estimate of drug-likeness (QED) is 0.405. The van der Waals surface area contributed by atoms with E-state index < -0.39 is 12.3 Å². The minimum Gasteiger partial charge on any atom is -0.389 e. The van der Waals surface area contributed by atoms with Crippen LogP contribution in [0.15, 0.2) is 72.8 Å². The molecule has 0 saturated carbocycles. The Hall–Kier alpha value is -2.66. The lowest BCUT2D eigenvalue weighted by atomic mass is 10.0. The van der Waals surface area contributed by atoms with Gasteiger partial charge in [-0.15, -0.1) is 0 Å². The van der Waals surface area contributed by atoms with Crippen LogP contribution in [0.3, 0.4) is 0 Å². The van der Waals surface area contributed by atoms with E-state index in [1.165, 1.54) is 5.39 Å². The maximum absolute atomic E-state index is 10.5. The first-order valence-electron chi connectivity index (χ1n) is 8.84. The van der Waals surface area contributed by atoms with Crippen molar-refractivity contribution < 1.29 is 10.2 Å². The Morgan fingerprint density at radius 3 is 2.38 bits per heavy atom. The second-order valence-corrected chi connectivity index (χ2v) is 6.59. The number of fused-ring (bicyclic) bond motifs is 3. The van der Waals surface area contributed by atoms with Crippen molar-refractivity contribution in [2.45, 2.75) is 25.3 Å². The lowest BCUT2D eigenvalue weighted by molar-refractivity contribution is -0.00205. The topological polar surface area (TPSA) is 68.3 Å². The van der Waals surface area contributed by atoms with Gasteiger partial charge in [0.05, 0.1) is 6.10 Å². The molecule has 0 amide bonds. The molecule has 132 valence electrons. The summed E-state index contributed by atoms with van der Waals surface area (Å²) in [5.41, 5.74) is 4.15. The van der Waals surface area contributed by atoms with Crippen molar-refractivity contribution in [3.63, 3.8) is 0 Å². The largest absolute Gasteiger partial charge is 0.389 e. The van der Waals surface area contributed by atoms with Gasteiger partial charge >= 0.3 is 0 Å². The molecule has 4 rings (SSSR count). The van der Waals surface area contributed by atoms with E-state index in [0.29, 0.717) is 13.0 Å². The molecule has 4 N–H and O–H groups in total. The van der Waals surface area contributed by atoms with Crippen LogP contribution in [0.1, 0.15) is 11.1 Å². The number of hydrogen-bond donors (Lipinski definition) is 4. The standard InChI is InChI=1S/C22H22N2O2/c25-20(22(26)23-14-15-7-2-1-3-8-15)13-16-9-6-11-18-17-10-4-5-12-19(17)24-21(16)18/h1-12,20,22-26H,13-14H2. The zero-order valence-corrected chi connectivity index (χ0v) is 14.4. The Kier molecular flexibility index (Phi) is 4.71. The zero-order valence-electron chi connectivity index (χ0n) is 14.4. The average Bonchev–Trinajstić information content (AvgIpc) is 3.07. The fraction of sp³-hybridized carbons (Fsp3) is 0.182. The summed E-state index contributed by atoms with van der Waals surface area (Å²) in [6, 6.07) is 24.1. The molecule has 0 spiro atoms. The van der Waals surface area contributed by atoms with Crippen LogP contribution in [0.25, 0.3) is 21.8 Å². The molecule has 1 heterocycles. The van der Waals surface area contributed by atoms with Gasteiger partial charge in [0.25, 0.3) is 0 Å². The third kappa shape index (κ3) is 3.35. The summed E-state index contributed by atoms with van der Waals surface area (Å²) in [7, 11) is 0. The number of hydrogen-bond acceptors (Lipinski definition) is 3. The van der Waals surface area contributed by atoms with Crippen molar-refractivity contribution in [1.29, 1.82) is 0 Å². The van der Waals surface area contributed by atoms with Gasteiger partial charge in [0.15, 0.2) is 0 Å². The molecule has 1 aromatic heterocycles. The number of aromatic nitrogens is 1. The second kappa shape index (κ2) is 7.30. The summed E-state index contributed by atoms with van der Waals surface area (Å²) in [6.07, 6.45) is -1.52. The highest BCUT2D eigenvalue weighted by Crippen LogP contribution is 2.28. The molecule has 26 heavy (non-hydrogen) atoms. The molecule has 0 aliphatic rings. The average molecular weight is 346 g/mol. The summed E-state index contributed by atoms with van der Waals surface area (Å²) in [4.78, 5) is 3.44. The van der Waals surface area contributed by atoms with Crippen molar-refractivity contribution in [3.05, 3.63) is 83.9 Å². The first-order chi connectivity index (χ1) is 12.7. The Morgan fingerprint density at radius 1 is 0.808 bits per heavy atom. The van der Waals surface area contributed by atoms with E-state index in [1.807, 2.05) is 60.7 Å². The van der Waals surface area contributed by atoms with E-state index in [0.717, 1.165) is 27.5 Å². The van der Waals surface area contributed by atoms with Crippen molar-refractivity contribution in [2.75, 3.05) is 0 Å². The normalized spacial score (nSPS) is 13.9. The Labute approximate surface area is 152 Å². The van der Waals surface area contributed by atoms with Crippen LogP contribution in [0.2, 0.25) is 0 Å². The highest BCUT2D eigenvalue weighted by Gasteiger charge is 2.18. The second-order valence-electron chi connectivity index (χ2n) is 6.59. The molecule has 0 bridgehead atoms. The van der Waals surface area contributed by atoms with Gasteiger partial charge < -0.3 is 15.2 Å². The summed E-state index contributed by atoms with van der Waals surface area (Å²) in [5, 5.41) is 26.0. The molecular weight excluding hydrogens is 324 g/mol. The summed E-state index contributed by atoms with van der Waals surface area (Å²) < 4.78 is 0. The van der Waals surface area contributed by atoms with Crippen molar-refractivity contribution in [2.24, 2.45) is 0 Å². The number of benzene rings is 3. The lowest BCUT2D eigenvalue weighted by Gasteiger charge is -2.19. The highest BCUT2D eigenvalue weighted by atomic mass is 16.3. The zero-order chi connectivity index (χ0) is 17.9. The summed E-state index contributed by atoms with van der Waals surface area (Å²) in [6.45, 7) is 0.510. The number of H-pyrrole nitrogens is 1. The van der Waals surface area contributed by atoms with Gasteiger partial charge in [0, 0.05) is 34.8 Å². The van der Waals surface area contributed by atoms with Crippen molar-refractivity contribution >= 4 is 21.8 Å². The van der Waals surface area contributed by atoms with Gasteiger partial charge in [-0.25, -0.2) is 0 Å². The van der Waals surface area contributed by atoms with Crippen LogP contribution in [0.5, 0.6) is 0 Å². The van der Waals surface area contributed by atoms with Gasteiger partial charge in [-0.1, -0.05) is 66.7 Å². The molecule has 0 radical (unpaired) electrons.